The van der Waals surface area contributed by atoms with E-state index in [2.05, 4.69) is 0 Å². The van der Waals surface area contributed by atoms with Crippen molar-refractivity contribution in [3.05, 3.63) is 35.9 Å². The van der Waals surface area contributed by atoms with Crippen LogP contribution >= 0.6 is 12.4 Å². The molecule has 0 atom stereocenters. The van der Waals surface area contributed by atoms with Crippen LogP contribution in [0.5, 0.6) is 0 Å². The fraction of sp³-hybridized carbons (Fsp3) is 0.400. The van der Waals surface area contributed by atoms with Crippen molar-refractivity contribution >= 4 is 12.4 Å². The van der Waals surface area contributed by atoms with E-state index < -0.39 is 0 Å². The van der Waals surface area contributed by atoms with Crippen LogP contribution in [0.4, 0.5) is 4.48 Å². The Kier molecular flexibility index (Phi) is 5.67. The predicted molar refractivity (Wildman–Crippen MR) is 55.5 cm³/mol. The molecule has 0 aliphatic heterocycles. The summed E-state index contributed by atoms with van der Waals surface area (Å²) in [6.07, 6.45) is 0. The van der Waals surface area contributed by atoms with Gasteiger partial charge >= 0.3 is 0 Å². The molecule has 0 spiro atoms. The molecule has 0 bridgehead atoms. The van der Waals surface area contributed by atoms with E-state index >= 15 is 0 Å². The van der Waals surface area contributed by atoms with Crippen LogP contribution in [0.1, 0.15) is 19.4 Å². The van der Waals surface area contributed by atoms with E-state index in [-0.39, 0.29) is 18.4 Å². The zero-order valence-corrected chi connectivity index (χ0v) is 8.72. The van der Waals surface area contributed by atoms with Crippen molar-refractivity contribution in [2.45, 2.75) is 26.4 Å². The monoisotopic (exact) mass is 203 g/mol. The van der Waals surface area contributed by atoms with Crippen LogP contribution < -0.4 is 0 Å². The molecule has 13 heavy (non-hydrogen) atoms. The van der Waals surface area contributed by atoms with Gasteiger partial charge in [0, 0.05) is 6.04 Å². The van der Waals surface area contributed by atoms with Crippen molar-refractivity contribution in [3.8, 4) is 0 Å². The van der Waals surface area contributed by atoms with Crippen LogP contribution in [0, 0.1) is 0 Å². The fourth-order valence-electron chi connectivity index (χ4n) is 0.940. The highest BCUT2D eigenvalue weighted by Gasteiger charge is 2.06. The lowest BCUT2D eigenvalue weighted by atomic mass is 10.2. The van der Waals surface area contributed by atoms with Crippen LogP contribution in [-0.2, 0) is 6.54 Å². The normalized spacial score (nSPS) is 10.2. The Morgan fingerprint density at radius 2 is 1.77 bits per heavy atom. The number of hydrogen-bond acceptors (Lipinski definition) is 1. The first kappa shape index (κ1) is 12.4. The summed E-state index contributed by atoms with van der Waals surface area (Å²) in [5.41, 5.74) is 1.01. The summed E-state index contributed by atoms with van der Waals surface area (Å²) < 4.78 is 13.0. The summed E-state index contributed by atoms with van der Waals surface area (Å²) in [7, 11) is 0. The zero-order valence-electron chi connectivity index (χ0n) is 7.90. The maximum absolute atomic E-state index is 13.0. The first-order valence-corrected chi connectivity index (χ1v) is 4.16. The van der Waals surface area contributed by atoms with Gasteiger partial charge in [0.25, 0.3) is 0 Å². The Morgan fingerprint density at radius 1 is 1.23 bits per heavy atom. The lowest BCUT2D eigenvalue weighted by Gasteiger charge is -2.15. The molecule has 0 heterocycles. The Bertz CT molecular complexity index is 226. The number of halogens is 2. The molecule has 0 aromatic heterocycles. The van der Waals surface area contributed by atoms with E-state index in [1.807, 2.05) is 44.2 Å². The minimum atomic E-state index is -0.0507. The van der Waals surface area contributed by atoms with Crippen molar-refractivity contribution in [1.82, 2.24) is 5.12 Å². The molecule has 74 valence electrons. The molecule has 1 rings (SSSR count). The van der Waals surface area contributed by atoms with Gasteiger partial charge in [-0.2, -0.15) is 0 Å². The highest BCUT2D eigenvalue weighted by molar-refractivity contribution is 5.85. The predicted octanol–water partition coefficient (Wildman–Crippen LogP) is 3.20. The van der Waals surface area contributed by atoms with Crippen molar-refractivity contribution < 1.29 is 4.48 Å². The van der Waals surface area contributed by atoms with Crippen LogP contribution in [0.2, 0.25) is 0 Å². The molecule has 0 saturated carbocycles. The fourth-order valence-corrected chi connectivity index (χ4v) is 0.940. The van der Waals surface area contributed by atoms with E-state index in [0.717, 1.165) is 10.7 Å². The van der Waals surface area contributed by atoms with Crippen LogP contribution in [0.25, 0.3) is 0 Å². The molecule has 0 unspecified atom stereocenters. The molecule has 0 N–H and O–H groups in total. The smallest absolute Gasteiger partial charge is 0.0543 e. The molecule has 0 aliphatic carbocycles. The molecule has 1 aromatic rings. The average Bonchev–Trinajstić information content (AvgIpc) is 2.06. The topological polar surface area (TPSA) is 3.24 Å². The van der Waals surface area contributed by atoms with Gasteiger partial charge in [-0.25, -0.2) is 0 Å². The van der Waals surface area contributed by atoms with Crippen molar-refractivity contribution in [1.29, 1.82) is 0 Å². The lowest BCUT2D eigenvalue weighted by molar-refractivity contribution is -0.0173. The SMILES string of the molecule is CC(C)N(F)Cc1ccccc1.Cl. The van der Waals surface area contributed by atoms with E-state index in [1.54, 1.807) is 0 Å². The summed E-state index contributed by atoms with van der Waals surface area (Å²) >= 11 is 0. The molecular formula is C10H15ClFN. The first-order valence-electron chi connectivity index (χ1n) is 4.16. The molecule has 0 amide bonds. The van der Waals surface area contributed by atoms with Gasteiger partial charge in [-0.1, -0.05) is 30.3 Å². The quantitative estimate of drug-likeness (QED) is 0.682. The van der Waals surface area contributed by atoms with Gasteiger partial charge in [0.1, 0.15) is 0 Å². The van der Waals surface area contributed by atoms with Crippen molar-refractivity contribution in [3.63, 3.8) is 0 Å². The summed E-state index contributed by atoms with van der Waals surface area (Å²) in [4.78, 5) is 0. The summed E-state index contributed by atoms with van der Waals surface area (Å²) in [6.45, 7) is 4.05. The molecule has 1 aromatic carbocycles. The second-order valence-corrected chi connectivity index (χ2v) is 3.14. The number of rotatable bonds is 3. The van der Waals surface area contributed by atoms with E-state index in [0.29, 0.717) is 6.54 Å². The molecular weight excluding hydrogens is 189 g/mol. The van der Waals surface area contributed by atoms with Gasteiger partial charge in [0.15, 0.2) is 0 Å². The number of nitrogens with zero attached hydrogens (tertiary/aromatic N) is 1. The lowest BCUT2D eigenvalue weighted by Crippen LogP contribution is -2.21. The number of hydrogen-bond donors (Lipinski definition) is 0. The third kappa shape index (κ3) is 4.25. The average molecular weight is 204 g/mol. The van der Waals surface area contributed by atoms with Crippen LogP contribution in [-0.4, -0.2) is 11.2 Å². The second-order valence-electron chi connectivity index (χ2n) is 3.14. The van der Waals surface area contributed by atoms with Gasteiger partial charge in [-0.05, 0) is 19.4 Å². The third-order valence-electron chi connectivity index (χ3n) is 1.74. The van der Waals surface area contributed by atoms with Gasteiger partial charge in [-0.15, -0.1) is 22.0 Å². The minimum absolute atomic E-state index is 0. The molecule has 0 fully saturated rings. The number of benzene rings is 1. The van der Waals surface area contributed by atoms with Gasteiger partial charge < -0.3 is 0 Å². The van der Waals surface area contributed by atoms with E-state index in [4.69, 9.17) is 0 Å². The van der Waals surface area contributed by atoms with Gasteiger partial charge in [0.05, 0.1) is 6.54 Å². The largest absolute Gasteiger partial charge is 0.147 e. The van der Waals surface area contributed by atoms with Crippen molar-refractivity contribution in [2.24, 2.45) is 0 Å². The summed E-state index contributed by atoms with van der Waals surface area (Å²) in [6, 6.07) is 9.57. The van der Waals surface area contributed by atoms with Crippen molar-refractivity contribution in [2.75, 3.05) is 0 Å². The Balaban J connectivity index is 0.00000144. The maximum Gasteiger partial charge on any atom is 0.0543 e. The molecule has 0 radical (unpaired) electrons. The molecule has 0 saturated heterocycles. The van der Waals surface area contributed by atoms with Gasteiger partial charge in [0.2, 0.25) is 0 Å². The highest BCUT2D eigenvalue weighted by Crippen LogP contribution is 2.07. The van der Waals surface area contributed by atoms with Crippen LogP contribution in [0.3, 0.4) is 0 Å². The third-order valence-corrected chi connectivity index (χ3v) is 1.74. The zero-order chi connectivity index (χ0) is 8.97. The van der Waals surface area contributed by atoms with E-state index in [1.165, 1.54) is 0 Å². The first-order chi connectivity index (χ1) is 5.70. The summed E-state index contributed by atoms with van der Waals surface area (Å²) in [5.74, 6) is 0. The Labute approximate surface area is 84.9 Å². The Hall–Kier alpha value is -0.600. The minimum Gasteiger partial charge on any atom is -0.147 e. The van der Waals surface area contributed by atoms with Gasteiger partial charge in [-0.3, -0.25) is 0 Å². The maximum atomic E-state index is 13.0. The second kappa shape index (κ2) is 5.95. The van der Waals surface area contributed by atoms with E-state index in [9.17, 15) is 4.48 Å². The molecule has 1 nitrogen and oxygen atoms in total. The summed E-state index contributed by atoms with van der Waals surface area (Å²) in [5, 5.41) is 0.829. The molecule has 0 aliphatic rings. The highest BCUT2D eigenvalue weighted by atomic mass is 35.5. The standard InChI is InChI=1S/C10H14FN.ClH/c1-9(2)12(11)8-10-6-4-3-5-7-10;/h3-7,9H,8H2,1-2H3;1H. The Morgan fingerprint density at radius 3 is 2.23 bits per heavy atom. The molecule has 3 heteroatoms. The van der Waals surface area contributed by atoms with Crippen LogP contribution in [0.15, 0.2) is 30.3 Å².